The van der Waals surface area contributed by atoms with E-state index in [9.17, 15) is 0 Å². The topological polar surface area (TPSA) is 103 Å². The summed E-state index contributed by atoms with van der Waals surface area (Å²) in [7, 11) is 0. The summed E-state index contributed by atoms with van der Waals surface area (Å²) in [5.41, 5.74) is 25.7. The Bertz CT molecular complexity index is 6290. The second-order valence-electron chi connectivity index (χ2n) is 36.2. The molecule has 0 amide bonds. The van der Waals surface area contributed by atoms with Gasteiger partial charge in [0.05, 0.1) is 0 Å². The van der Waals surface area contributed by atoms with Crippen LogP contribution < -0.4 is 17.6 Å². The molecule has 146 heavy (non-hydrogen) atoms. The first-order chi connectivity index (χ1) is 69.4. The Labute approximate surface area is 939 Å². The predicted molar refractivity (Wildman–Crippen MR) is 614 cm³/mol. The smallest absolute Gasteiger partial charge is 0.0190 e. The first-order valence-electron chi connectivity index (χ1n) is 51.0. The standard InChI is InChI=1S/2C23H26GeN.C21H30GeN.C18H24GeN.C12H10N.3C11H8N.4Ir/c1-4-24(5-2,6-3)22-15-16-25-23(18-22)21-14-10-13-20(17-21)19-11-8-7-9-12-19;1-4-24(5-2,6-3)22-16-17-25-23(18-22)21-14-12-20(13-15-21)19-10-8-7-9-11-19;1-6-22(7-2,8-3)20-16-23-21(15-19(20)14-17(4)5)18-12-10-9-11-13-18;1-5-19(6-2,7-3)17-14-20-18(13-15(17)4)16-11-9-8-10-12-16;1-10-7-8-12(13-9-10)11-5-3-2-4-6-11;3*1-2-6-10(7-3-1)11-8-4-5-9-12-11;;;;/h7-13,15-18H,4-6H2,1-3H3;7-14,16-18H,4-6H2,1-3H3;9-12,15-17H,6-8,14H2,1-5H3;8-11,13-14H,5-7H2,1-4H3;2-5,7-9H,1H3;3*1-6,8-9H;;;;/q8*-1;;;;. The van der Waals surface area contributed by atoms with Crippen molar-refractivity contribution in [3.63, 3.8) is 0 Å². The van der Waals surface area contributed by atoms with Gasteiger partial charge in [-0.2, -0.15) is 0 Å². The molecule has 4 radical (unpaired) electrons. The molecule has 0 aliphatic carbocycles. The van der Waals surface area contributed by atoms with Gasteiger partial charge in [0.25, 0.3) is 0 Å². The molecule has 760 valence electrons. The Hall–Kier alpha value is -9.83. The fourth-order valence-corrected chi connectivity index (χ4v) is 49.8. The van der Waals surface area contributed by atoms with Gasteiger partial charge in [0.15, 0.2) is 0 Å². The number of benzene rings is 10. The molecular weight excluding hydrogens is 2730 g/mol. The largest absolute Gasteiger partial charge is 0.305 e. The number of hydrogen-bond donors (Lipinski definition) is 0. The Morgan fingerprint density at radius 2 is 0.541 bits per heavy atom. The molecule has 16 heteroatoms. The van der Waals surface area contributed by atoms with Crippen LogP contribution in [0.5, 0.6) is 0 Å². The van der Waals surface area contributed by atoms with Gasteiger partial charge in [0, 0.05) is 105 Å². The summed E-state index contributed by atoms with van der Waals surface area (Å²) in [6.45, 7) is 37.4. The first-order valence-corrected chi connectivity index (χ1v) is 73.0. The number of aryl methyl sites for hydroxylation is 2. The van der Waals surface area contributed by atoms with E-state index < -0.39 is 53.1 Å². The minimum atomic E-state index is -1.98. The van der Waals surface area contributed by atoms with Crippen LogP contribution in [-0.4, -0.2) is 92.9 Å². The van der Waals surface area contributed by atoms with E-state index in [0.717, 1.165) is 96.5 Å². The van der Waals surface area contributed by atoms with Crippen molar-refractivity contribution in [3.05, 3.63) is 461 Å². The van der Waals surface area contributed by atoms with E-state index in [0.29, 0.717) is 5.92 Å². The van der Waals surface area contributed by atoms with Gasteiger partial charge in [-0.3, -0.25) is 0 Å². The zero-order chi connectivity index (χ0) is 101. The molecule has 10 aromatic carbocycles. The summed E-state index contributed by atoms with van der Waals surface area (Å²) >= 11 is -7.79. The molecular formula is C130H140Ge4Ir4N8-8. The van der Waals surface area contributed by atoms with Crippen molar-refractivity contribution in [2.45, 2.75) is 180 Å². The average Bonchev–Trinajstić information content (AvgIpc) is 0.855. The van der Waals surface area contributed by atoms with Crippen molar-refractivity contribution in [3.8, 4) is 112 Å². The van der Waals surface area contributed by atoms with Crippen molar-refractivity contribution in [1.82, 2.24) is 39.9 Å². The van der Waals surface area contributed by atoms with Crippen molar-refractivity contribution in [2.24, 2.45) is 5.92 Å². The van der Waals surface area contributed by atoms with E-state index in [1.807, 2.05) is 226 Å². The molecule has 8 aromatic heterocycles. The molecule has 0 fully saturated rings. The van der Waals surface area contributed by atoms with E-state index in [4.69, 9.17) is 9.97 Å². The summed E-state index contributed by atoms with van der Waals surface area (Å²) in [5.74, 6) is 0.675. The summed E-state index contributed by atoms with van der Waals surface area (Å²) in [4.78, 5) is 35.8. The number of aromatic nitrogens is 8. The van der Waals surface area contributed by atoms with E-state index in [-0.39, 0.29) is 80.4 Å². The van der Waals surface area contributed by atoms with Gasteiger partial charge in [0.2, 0.25) is 0 Å². The summed E-state index contributed by atoms with van der Waals surface area (Å²) in [5, 5.41) is 16.2. The quantitative estimate of drug-likeness (QED) is 0.0353. The van der Waals surface area contributed by atoms with Gasteiger partial charge in [-0.05, 0) is 53.5 Å². The third kappa shape index (κ3) is 35.7. The number of hydrogen-bond acceptors (Lipinski definition) is 8. The van der Waals surface area contributed by atoms with Gasteiger partial charge >= 0.3 is 579 Å². The molecule has 18 rings (SSSR count). The summed E-state index contributed by atoms with van der Waals surface area (Å²) in [6, 6.07) is 143. The van der Waals surface area contributed by atoms with Crippen LogP contribution in [0.1, 0.15) is 114 Å². The second kappa shape index (κ2) is 65.9. The van der Waals surface area contributed by atoms with Gasteiger partial charge < -0.3 is 19.9 Å². The molecule has 0 bridgehead atoms. The third-order valence-corrected chi connectivity index (χ3v) is 75.3. The fourth-order valence-electron chi connectivity index (χ4n) is 18.5. The monoisotopic (exact) mass is 2880 g/mol. The summed E-state index contributed by atoms with van der Waals surface area (Å²) in [6.07, 6.45) is 16.8. The predicted octanol–water partition coefficient (Wildman–Crippen LogP) is 32.4. The minimum absolute atomic E-state index is 0. The molecule has 0 spiro atoms. The zero-order valence-corrected chi connectivity index (χ0v) is 106. The molecule has 0 atom stereocenters. The molecule has 8 nitrogen and oxygen atoms in total. The van der Waals surface area contributed by atoms with E-state index in [2.05, 4.69) is 340 Å². The van der Waals surface area contributed by atoms with Crippen LogP contribution in [0.3, 0.4) is 0 Å². The van der Waals surface area contributed by atoms with Gasteiger partial charge in [-0.25, -0.2) is 0 Å². The zero-order valence-electron chi connectivity index (χ0n) is 87.7. The number of nitrogens with zero attached hydrogens (tertiary/aromatic N) is 8. The van der Waals surface area contributed by atoms with Gasteiger partial charge in [-0.1, -0.05) is 48.5 Å². The maximum absolute atomic E-state index is 4.84. The Morgan fingerprint density at radius 1 is 0.226 bits per heavy atom. The maximum atomic E-state index is 4.84. The Balaban J connectivity index is 0.000000229. The number of rotatable bonds is 28. The molecule has 0 saturated carbocycles. The van der Waals surface area contributed by atoms with Crippen LogP contribution in [0.2, 0.25) is 63.0 Å². The van der Waals surface area contributed by atoms with Crippen LogP contribution in [0.25, 0.3) is 112 Å². The van der Waals surface area contributed by atoms with Crippen molar-refractivity contribution in [2.75, 3.05) is 0 Å². The summed E-state index contributed by atoms with van der Waals surface area (Å²) < 4.78 is 6.40. The number of pyridine rings is 8. The molecule has 18 aromatic rings. The molecule has 0 unspecified atom stereocenters. The maximum Gasteiger partial charge on any atom is 0.0190 e. The third-order valence-electron chi connectivity index (χ3n) is 27.9. The molecule has 8 heterocycles. The minimum Gasteiger partial charge on any atom is -0.305 e. The second-order valence-corrected chi connectivity index (χ2v) is 80.1. The van der Waals surface area contributed by atoms with Crippen LogP contribution in [0.15, 0.2) is 395 Å². The normalized spacial score (nSPS) is 10.7. The van der Waals surface area contributed by atoms with Gasteiger partial charge in [-0.15, -0.1) is 144 Å². The first kappa shape index (κ1) is 123. The SMILES string of the molecule is C[CH2][Ge]([CH2]C)([CH2]C)[c]1ccnc(-c2[c-]cc(-c3ccccc3)cc2)c1.C[CH2][Ge]([CH2]C)([CH2]C)[c]1ccnc(-c2[c-]ccc(-c3ccccc3)c2)c1.C[CH2][Ge]([CH2]C)([CH2]C)[c]1cnc(-c2[c-]cccc2)cc1C.C[CH2][Ge]([CH2]C)([CH2]C)[c]1cnc(-c2[c-]cccc2)cc1CC(C)C.Cc1ccc(-c2[c-]cccc2)nc1.[Ir].[Ir].[Ir].[Ir].[c-]1ccccc1-c1ccccn1.[c-]1ccccc1-c1ccccn1.[c-]1ccccc1-c1ccccn1. The van der Waals surface area contributed by atoms with E-state index in [1.54, 1.807) is 41.7 Å². The van der Waals surface area contributed by atoms with Crippen molar-refractivity contribution >= 4 is 70.6 Å². The van der Waals surface area contributed by atoms with Crippen LogP contribution in [0, 0.1) is 68.3 Å². The average molecular weight is 2870 g/mol. The Morgan fingerprint density at radius 3 is 0.877 bits per heavy atom. The van der Waals surface area contributed by atoms with Crippen LogP contribution >= 0.6 is 0 Å². The van der Waals surface area contributed by atoms with Crippen molar-refractivity contribution in [1.29, 1.82) is 0 Å². The van der Waals surface area contributed by atoms with E-state index >= 15 is 0 Å². The Kier molecular flexibility index (Phi) is 55.5. The molecule has 0 saturated heterocycles. The molecule has 0 aliphatic heterocycles. The van der Waals surface area contributed by atoms with Gasteiger partial charge in [0.1, 0.15) is 0 Å². The van der Waals surface area contributed by atoms with Crippen molar-refractivity contribution < 1.29 is 80.4 Å². The molecule has 0 aliphatic rings. The van der Waals surface area contributed by atoms with E-state index in [1.165, 1.54) is 96.4 Å². The van der Waals surface area contributed by atoms with Crippen LogP contribution in [-0.2, 0) is 86.8 Å². The fraction of sp³-hybridized carbons (Fsp3) is 0.231. The van der Waals surface area contributed by atoms with Crippen LogP contribution in [0.4, 0.5) is 0 Å². The molecule has 0 N–H and O–H groups in total.